The fourth-order valence-electron chi connectivity index (χ4n) is 2.41. The molecule has 2 aromatic rings. The van der Waals surface area contributed by atoms with Gasteiger partial charge in [0.2, 0.25) is 0 Å². The van der Waals surface area contributed by atoms with E-state index in [-0.39, 0.29) is 23.5 Å². The maximum Gasteiger partial charge on any atom is 0.417 e. The Morgan fingerprint density at radius 1 is 1.42 bits per heavy atom. The summed E-state index contributed by atoms with van der Waals surface area (Å²) in [4.78, 5) is 15.7. The summed E-state index contributed by atoms with van der Waals surface area (Å²) in [5.74, 6) is -0.242. The van der Waals surface area contributed by atoms with Gasteiger partial charge in [0.05, 0.1) is 11.8 Å². The second-order valence-electron chi connectivity index (χ2n) is 5.45. The van der Waals surface area contributed by atoms with Crippen molar-refractivity contribution < 1.29 is 18.0 Å². The smallest absolute Gasteiger partial charge is 0.349 e. The minimum absolute atomic E-state index is 0.0784. The molecule has 0 aromatic carbocycles. The van der Waals surface area contributed by atoms with Crippen LogP contribution in [0.2, 0.25) is 0 Å². The van der Waals surface area contributed by atoms with E-state index in [9.17, 15) is 18.0 Å². The number of pyridine rings is 1. The monoisotopic (exact) mass is 340 g/mol. The number of rotatable bonds is 4. The lowest BCUT2D eigenvalue weighted by Crippen LogP contribution is -2.37. The van der Waals surface area contributed by atoms with Crippen molar-refractivity contribution >= 4 is 5.91 Å². The molecule has 0 aliphatic carbocycles. The molecule has 2 aromatic heterocycles. The van der Waals surface area contributed by atoms with Crippen molar-refractivity contribution in [1.29, 1.82) is 0 Å². The Morgan fingerprint density at radius 3 is 2.88 bits per heavy atom. The van der Waals surface area contributed by atoms with Crippen LogP contribution in [0.4, 0.5) is 13.2 Å². The zero-order valence-corrected chi connectivity index (χ0v) is 12.5. The number of nitrogens with zero attached hydrogens (tertiary/aromatic N) is 4. The Labute approximate surface area is 135 Å². The second-order valence-corrected chi connectivity index (χ2v) is 5.45. The number of hydrogen-bond donors (Lipinski definition) is 2. The molecule has 1 aliphatic rings. The molecule has 7 nitrogen and oxygen atoms in total. The van der Waals surface area contributed by atoms with Crippen molar-refractivity contribution in [1.82, 2.24) is 30.6 Å². The van der Waals surface area contributed by atoms with Gasteiger partial charge in [0, 0.05) is 18.8 Å². The minimum atomic E-state index is -4.45. The standard InChI is InChI=1S/C14H15F3N6O/c15-14(16,17)9-3-4-12(19-6-9)23-8-11(21-22-23)13(24)20-7-10-2-1-5-18-10/h3-4,6,8,10,18H,1-2,5,7H2,(H,20,24). The highest BCUT2D eigenvalue weighted by atomic mass is 19.4. The highest BCUT2D eigenvalue weighted by Gasteiger charge is 2.30. The van der Waals surface area contributed by atoms with Crippen LogP contribution < -0.4 is 10.6 Å². The van der Waals surface area contributed by atoms with E-state index in [2.05, 4.69) is 25.9 Å². The van der Waals surface area contributed by atoms with Gasteiger partial charge in [-0.2, -0.15) is 13.2 Å². The molecule has 128 valence electrons. The molecule has 0 radical (unpaired) electrons. The molecule has 1 saturated heterocycles. The molecule has 24 heavy (non-hydrogen) atoms. The number of carbonyl (C=O) groups excluding carboxylic acids is 1. The molecule has 0 bridgehead atoms. The van der Waals surface area contributed by atoms with Crippen LogP contribution in [-0.2, 0) is 6.18 Å². The molecule has 2 N–H and O–H groups in total. The number of nitrogens with one attached hydrogen (secondary N) is 2. The van der Waals surface area contributed by atoms with E-state index in [0.717, 1.165) is 30.1 Å². The summed E-state index contributed by atoms with van der Waals surface area (Å²) in [5, 5.41) is 13.5. The fraction of sp³-hybridized carbons (Fsp3) is 0.429. The molecule has 0 spiro atoms. The van der Waals surface area contributed by atoms with E-state index < -0.39 is 11.7 Å². The topological polar surface area (TPSA) is 84.7 Å². The Kier molecular flexibility index (Phi) is 4.47. The Hall–Kier alpha value is -2.49. The molecular formula is C14H15F3N6O. The number of hydrogen-bond acceptors (Lipinski definition) is 5. The van der Waals surface area contributed by atoms with E-state index in [0.29, 0.717) is 12.7 Å². The van der Waals surface area contributed by atoms with E-state index >= 15 is 0 Å². The fourth-order valence-corrected chi connectivity index (χ4v) is 2.41. The van der Waals surface area contributed by atoms with Crippen molar-refractivity contribution in [2.24, 2.45) is 0 Å². The van der Waals surface area contributed by atoms with Crippen LogP contribution in [0.5, 0.6) is 0 Å². The normalized spacial score (nSPS) is 17.9. The third-order valence-electron chi connectivity index (χ3n) is 3.71. The van der Waals surface area contributed by atoms with Crippen LogP contribution >= 0.6 is 0 Å². The Balaban J connectivity index is 1.65. The second kappa shape index (κ2) is 6.56. The molecule has 1 unspecified atom stereocenters. The van der Waals surface area contributed by atoms with Crippen LogP contribution in [0, 0.1) is 0 Å². The number of aromatic nitrogens is 4. The lowest BCUT2D eigenvalue weighted by Gasteiger charge is -2.09. The van der Waals surface area contributed by atoms with Crippen LogP contribution in [0.3, 0.4) is 0 Å². The van der Waals surface area contributed by atoms with Gasteiger partial charge in [-0.15, -0.1) is 5.10 Å². The summed E-state index contributed by atoms with van der Waals surface area (Å²) < 4.78 is 38.7. The number of alkyl halides is 3. The SMILES string of the molecule is O=C(NCC1CCCN1)c1cn(-c2ccc(C(F)(F)F)cn2)nn1. The summed E-state index contributed by atoms with van der Waals surface area (Å²) >= 11 is 0. The highest BCUT2D eigenvalue weighted by Crippen LogP contribution is 2.28. The van der Waals surface area contributed by atoms with Gasteiger partial charge >= 0.3 is 6.18 Å². The average Bonchev–Trinajstić information content (AvgIpc) is 3.23. The van der Waals surface area contributed by atoms with Crippen molar-refractivity contribution in [2.75, 3.05) is 13.1 Å². The van der Waals surface area contributed by atoms with E-state index in [1.807, 2.05) is 0 Å². The minimum Gasteiger partial charge on any atom is -0.349 e. The predicted molar refractivity (Wildman–Crippen MR) is 77.5 cm³/mol. The highest BCUT2D eigenvalue weighted by molar-refractivity contribution is 5.91. The van der Waals surface area contributed by atoms with Crippen molar-refractivity contribution in [3.63, 3.8) is 0 Å². The van der Waals surface area contributed by atoms with Crippen molar-refractivity contribution in [2.45, 2.75) is 25.1 Å². The molecular weight excluding hydrogens is 325 g/mol. The number of halogens is 3. The third kappa shape index (κ3) is 3.70. The molecule has 1 fully saturated rings. The van der Waals surface area contributed by atoms with Crippen molar-refractivity contribution in [3.8, 4) is 5.82 Å². The molecule has 0 saturated carbocycles. The maximum absolute atomic E-state index is 12.5. The van der Waals surface area contributed by atoms with Gasteiger partial charge in [0.1, 0.15) is 0 Å². The van der Waals surface area contributed by atoms with Gasteiger partial charge in [-0.1, -0.05) is 5.21 Å². The van der Waals surface area contributed by atoms with Gasteiger partial charge in [0.25, 0.3) is 5.91 Å². The summed E-state index contributed by atoms with van der Waals surface area (Å²) in [6, 6.07) is 2.32. The van der Waals surface area contributed by atoms with Crippen LogP contribution in [0.1, 0.15) is 28.9 Å². The number of amides is 1. The van der Waals surface area contributed by atoms with E-state index in [1.165, 1.54) is 12.3 Å². The molecule has 1 aliphatic heterocycles. The summed E-state index contributed by atoms with van der Waals surface area (Å²) in [6.45, 7) is 1.43. The zero-order valence-electron chi connectivity index (χ0n) is 12.5. The zero-order chi connectivity index (χ0) is 17.2. The van der Waals surface area contributed by atoms with E-state index in [4.69, 9.17) is 0 Å². The Morgan fingerprint density at radius 2 is 2.25 bits per heavy atom. The first kappa shape index (κ1) is 16.4. The third-order valence-corrected chi connectivity index (χ3v) is 3.71. The summed E-state index contributed by atoms with van der Waals surface area (Å²) in [6.07, 6.45) is -0.332. The van der Waals surface area contributed by atoms with Gasteiger partial charge in [0.15, 0.2) is 11.5 Å². The molecule has 1 amide bonds. The van der Waals surface area contributed by atoms with Gasteiger partial charge < -0.3 is 10.6 Å². The Bertz CT molecular complexity index is 706. The molecule has 3 heterocycles. The van der Waals surface area contributed by atoms with Crippen LogP contribution in [0.25, 0.3) is 5.82 Å². The molecule has 10 heteroatoms. The lowest BCUT2D eigenvalue weighted by molar-refractivity contribution is -0.137. The first-order valence-electron chi connectivity index (χ1n) is 7.41. The van der Waals surface area contributed by atoms with Crippen LogP contribution in [0.15, 0.2) is 24.5 Å². The summed E-state index contributed by atoms with van der Waals surface area (Å²) in [7, 11) is 0. The van der Waals surface area contributed by atoms with Crippen LogP contribution in [-0.4, -0.2) is 45.0 Å². The number of carbonyl (C=O) groups is 1. The average molecular weight is 340 g/mol. The van der Waals surface area contributed by atoms with Gasteiger partial charge in [-0.05, 0) is 31.5 Å². The lowest BCUT2D eigenvalue weighted by atomic mass is 10.2. The largest absolute Gasteiger partial charge is 0.417 e. The predicted octanol–water partition coefficient (Wildman–Crippen LogP) is 1.16. The van der Waals surface area contributed by atoms with Crippen molar-refractivity contribution in [3.05, 3.63) is 35.8 Å². The molecule has 3 rings (SSSR count). The maximum atomic E-state index is 12.5. The summed E-state index contributed by atoms with van der Waals surface area (Å²) in [5.41, 5.74) is -0.775. The first-order valence-corrected chi connectivity index (χ1v) is 7.41. The first-order chi connectivity index (χ1) is 11.4. The molecule has 1 atom stereocenters. The van der Waals surface area contributed by atoms with Gasteiger partial charge in [-0.3, -0.25) is 4.79 Å². The van der Waals surface area contributed by atoms with Gasteiger partial charge in [-0.25, -0.2) is 9.67 Å². The quantitative estimate of drug-likeness (QED) is 0.873. The van der Waals surface area contributed by atoms with E-state index in [1.54, 1.807) is 0 Å².